The van der Waals surface area contributed by atoms with Crippen molar-refractivity contribution < 1.29 is 0 Å². The van der Waals surface area contributed by atoms with E-state index < -0.39 is 0 Å². The van der Waals surface area contributed by atoms with Gasteiger partial charge >= 0.3 is 0 Å². The molecule has 0 spiro atoms. The average Bonchev–Trinajstić information content (AvgIpc) is 2.23. The van der Waals surface area contributed by atoms with Crippen LogP contribution in [0.3, 0.4) is 0 Å². The standard InChI is InChI=1S/C12H22N4S2/c1-9(2)16(10(3)4)12(18)15-11(17)14-8-6-5-7-13/h9-10H,5-6,8H2,1-4H3,(H2,14,15,17,18). The third-order valence-corrected chi connectivity index (χ3v) is 2.88. The van der Waals surface area contributed by atoms with Crippen molar-refractivity contribution in [1.29, 1.82) is 5.26 Å². The molecule has 0 aromatic carbocycles. The zero-order chi connectivity index (χ0) is 14.1. The predicted octanol–water partition coefficient (Wildman–Crippen LogP) is 2.16. The van der Waals surface area contributed by atoms with E-state index in [1.54, 1.807) is 0 Å². The van der Waals surface area contributed by atoms with Crippen molar-refractivity contribution >= 4 is 34.7 Å². The van der Waals surface area contributed by atoms with E-state index >= 15 is 0 Å². The van der Waals surface area contributed by atoms with E-state index in [0.29, 0.717) is 35.3 Å². The van der Waals surface area contributed by atoms with Gasteiger partial charge in [0, 0.05) is 25.0 Å². The third kappa shape index (κ3) is 6.72. The van der Waals surface area contributed by atoms with Crippen LogP contribution in [0.25, 0.3) is 0 Å². The van der Waals surface area contributed by atoms with E-state index in [1.165, 1.54) is 0 Å². The molecule has 0 aromatic rings. The summed E-state index contributed by atoms with van der Waals surface area (Å²) >= 11 is 10.5. The summed E-state index contributed by atoms with van der Waals surface area (Å²) in [5.41, 5.74) is 0. The van der Waals surface area contributed by atoms with Crippen molar-refractivity contribution in [2.75, 3.05) is 6.54 Å². The number of hydrogen-bond acceptors (Lipinski definition) is 3. The Kier molecular flexibility index (Phi) is 8.59. The largest absolute Gasteiger partial charge is 0.362 e. The van der Waals surface area contributed by atoms with Crippen molar-refractivity contribution in [3.63, 3.8) is 0 Å². The van der Waals surface area contributed by atoms with E-state index in [9.17, 15) is 0 Å². The lowest BCUT2D eigenvalue weighted by atomic mass is 10.2. The number of hydrogen-bond donors (Lipinski definition) is 2. The quantitative estimate of drug-likeness (QED) is 0.597. The van der Waals surface area contributed by atoms with E-state index in [1.807, 2.05) is 0 Å². The molecular formula is C12H22N4S2. The van der Waals surface area contributed by atoms with Gasteiger partial charge in [-0.3, -0.25) is 0 Å². The maximum Gasteiger partial charge on any atom is 0.175 e. The van der Waals surface area contributed by atoms with Crippen molar-refractivity contribution in [3.8, 4) is 6.07 Å². The summed E-state index contributed by atoms with van der Waals surface area (Å²) in [6.07, 6.45) is 1.31. The molecule has 0 unspecified atom stereocenters. The van der Waals surface area contributed by atoms with E-state index in [-0.39, 0.29) is 0 Å². The molecule has 102 valence electrons. The zero-order valence-corrected chi connectivity index (χ0v) is 13.1. The van der Waals surface area contributed by atoms with Crippen molar-refractivity contribution in [2.24, 2.45) is 0 Å². The number of thiocarbonyl (C=S) groups is 2. The molecule has 0 bridgehead atoms. The molecule has 0 aromatic heterocycles. The SMILES string of the molecule is CC(C)N(C(=S)NC(=S)NCCCC#N)C(C)C. The summed E-state index contributed by atoms with van der Waals surface area (Å²) in [5.74, 6) is 0. The van der Waals surface area contributed by atoms with Crippen LogP contribution in [-0.4, -0.2) is 33.8 Å². The molecule has 0 aliphatic rings. The fourth-order valence-electron chi connectivity index (χ4n) is 1.64. The molecule has 0 aliphatic heterocycles. The predicted molar refractivity (Wildman–Crippen MR) is 83.3 cm³/mol. The lowest BCUT2D eigenvalue weighted by molar-refractivity contribution is 0.291. The molecule has 0 atom stereocenters. The Hall–Kier alpha value is -0.930. The van der Waals surface area contributed by atoms with Crippen molar-refractivity contribution in [2.45, 2.75) is 52.6 Å². The van der Waals surface area contributed by atoms with Gasteiger partial charge < -0.3 is 15.5 Å². The fourth-order valence-corrected chi connectivity index (χ4v) is 2.43. The molecule has 0 saturated heterocycles. The maximum atomic E-state index is 8.42. The number of nitrogens with zero attached hydrogens (tertiary/aromatic N) is 2. The van der Waals surface area contributed by atoms with Gasteiger partial charge in [0.15, 0.2) is 10.2 Å². The highest BCUT2D eigenvalue weighted by molar-refractivity contribution is 7.81. The summed E-state index contributed by atoms with van der Waals surface area (Å²) < 4.78 is 0. The summed E-state index contributed by atoms with van der Waals surface area (Å²) in [5, 5.41) is 15.6. The highest BCUT2D eigenvalue weighted by atomic mass is 32.1. The van der Waals surface area contributed by atoms with Gasteiger partial charge in [0.1, 0.15) is 0 Å². The van der Waals surface area contributed by atoms with Crippen LogP contribution >= 0.6 is 24.4 Å². The molecule has 0 aliphatic carbocycles. The first-order valence-corrected chi connectivity index (χ1v) is 6.95. The molecule has 2 N–H and O–H groups in total. The summed E-state index contributed by atoms with van der Waals surface area (Å²) in [4.78, 5) is 2.10. The minimum atomic E-state index is 0.325. The second-order valence-corrected chi connectivity index (χ2v) is 5.34. The Bertz CT molecular complexity index is 313. The molecule has 0 fully saturated rings. The number of unbranched alkanes of at least 4 members (excludes halogenated alkanes) is 1. The Morgan fingerprint density at radius 1 is 1.22 bits per heavy atom. The maximum absolute atomic E-state index is 8.42. The van der Waals surface area contributed by atoms with Crippen LogP contribution in [0.15, 0.2) is 0 Å². The molecule has 0 rings (SSSR count). The molecule has 18 heavy (non-hydrogen) atoms. The highest BCUT2D eigenvalue weighted by Crippen LogP contribution is 2.05. The van der Waals surface area contributed by atoms with Gasteiger partial charge in [0.2, 0.25) is 0 Å². The monoisotopic (exact) mass is 286 g/mol. The topological polar surface area (TPSA) is 51.1 Å². The van der Waals surface area contributed by atoms with E-state index in [2.05, 4.69) is 49.3 Å². The number of nitriles is 1. The Balaban J connectivity index is 4.13. The second kappa shape index (κ2) is 9.06. The molecular weight excluding hydrogens is 264 g/mol. The minimum absolute atomic E-state index is 0.325. The van der Waals surface area contributed by atoms with Crippen LogP contribution in [-0.2, 0) is 0 Å². The van der Waals surface area contributed by atoms with Gasteiger partial charge in [-0.15, -0.1) is 0 Å². The second-order valence-electron chi connectivity index (χ2n) is 4.54. The van der Waals surface area contributed by atoms with Crippen LogP contribution in [0, 0.1) is 11.3 Å². The molecule has 0 amide bonds. The van der Waals surface area contributed by atoms with Gasteiger partial charge in [-0.05, 0) is 58.6 Å². The molecule has 6 heteroatoms. The number of nitrogens with one attached hydrogen (secondary N) is 2. The third-order valence-electron chi connectivity index (χ3n) is 2.32. The van der Waals surface area contributed by atoms with Crippen LogP contribution < -0.4 is 10.6 Å². The van der Waals surface area contributed by atoms with Gasteiger partial charge in [-0.25, -0.2) is 0 Å². The summed E-state index contributed by atoms with van der Waals surface area (Å²) in [7, 11) is 0. The van der Waals surface area contributed by atoms with Gasteiger partial charge in [0.05, 0.1) is 6.07 Å². The summed E-state index contributed by atoms with van der Waals surface area (Å²) in [6.45, 7) is 9.06. The van der Waals surface area contributed by atoms with E-state index in [4.69, 9.17) is 29.7 Å². The van der Waals surface area contributed by atoms with Crippen LogP contribution in [0.1, 0.15) is 40.5 Å². The van der Waals surface area contributed by atoms with Crippen molar-refractivity contribution in [3.05, 3.63) is 0 Å². The fraction of sp³-hybridized carbons (Fsp3) is 0.750. The summed E-state index contributed by atoms with van der Waals surface area (Å²) in [6, 6.07) is 2.74. The molecule has 0 radical (unpaired) electrons. The highest BCUT2D eigenvalue weighted by Gasteiger charge is 2.17. The lowest BCUT2D eigenvalue weighted by Crippen LogP contribution is -2.51. The molecule has 0 saturated carbocycles. The van der Waals surface area contributed by atoms with Crippen LogP contribution in [0.4, 0.5) is 0 Å². The van der Waals surface area contributed by atoms with Gasteiger partial charge in [-0.2, -0.15) is 5.26 Å². The van der Waals surface area contributed by atoms with Gasteiger partial charge in [0.25, 0.3) is 0 Å². The number of rotatable bonds is 5. The van der Waals surface area contributed by atoms with Crippen LogP contribution in [0.5, 0.6) is 0 Å². The first kappa shape index (κ1) is 17.1. The van der Waals surface area contributed by atoms with E-state index in [0.717, 1.165) is 6.42 Å². The Morgan fingerprint density at radius 3 is 2.22 bits per heavy atom. The lowest BCUT2D eigenvalue weighted by Gasteiger charge is -2.33. The smallest absolute Gasteiger partial charge is 0.175 e. The average molecular weight is 286 g/mol. The van der Waals surface area contributed by atoms with Crippen molar-refractivity contribution in [1.82, 2.24) is 15.5 Å². The zero-order valence-electron chi connectivity index (χ0n) is 11.5. The molecule has 4 nitrogen and oxygen atoms in total. The first-order chi connectivity index (χ1) is 8.40. The van der Waals surface area contributed by atoms with Crippen LogP contribution in [0.2, 0.25) is 0 Å². The van der Waals surface area contributed by atoms with Gasteiger partial charge in [-0.1, -0.05) is 0 Å². The Labute approximate surface area is 121 Å². The Morgan fingerprint density at radius 2 is 1.78 bits per heavy atom. The normalized spacial score (nSPS) is 10.1. The first-order valence-electron chi connectivity index (χ1n) is 6.14. The minimum Gasteiger partial charge on any atom is -0.362 e. The molecule has 0 heterocycles.